The molecule has 0 aliphatic carbocycles. The Bertz CT molecular complexity index is 918. The first-order valence-corrected chi connectivity index (χ1v) is 11.5. The van der Waals surface area contributed by atoms with Gasteiger partial charge in [0.2, 0.25) is 5.88 Å². The van der Waals surface area contributed by atoms with Gasteiger partial charge in [0.15, 0.2) is 0 Å². The van der Waals surface area contributed by atoms with E-state index < -0.39 is 0 Å². The number of hydrogen-bond donors (Lipinski definition) is 2. The van der Waals surface area contributed by atoms with Gasteiger partial charge in [-0.1, -0.05) is 26.8 Å². The topological polar surface area (TPSA) is 85.4 Å². The van der Waals surface area contributed by atoms with Crippen LogP contribution in [0.1, 0.15) is 64.0 Å². The fourth-order valence-corrected chi connectivity index (χ4v) is 3.78. The summed E-state index contributed by atoms with van der Waals surface area (Å²) in [5, 5.41) is 14.7. The average Bonchev–Trinajstić information content (AvgIpc) is 2.75. The molecule has 0 bridgehead atoms. The van der Waals surface area contributed by atoms with Crippen molar-refractivity contribution in [3.05, 3.63) is 35.4 Å². The summed E-state index contributed by atoms with van der Waals surface area (Å²) in [6.07, 6.45) is 2.80. The van der Waals surface area contributed by atoms with Crippen LogP contribution in [0.4, 0.5) is 10.5 Å². The zero-order valence-corrected chi connectivity index (χ0v) is 20.0. The number of rotatable bonds is 7. The van der Waals surface area contributed by atoms with Crippen LogP contribution in [0.5, 0.6) is 5.88 Å². The van der Waals surface area contributed by atoms with Gasteiger partial charge in [-0.3, -0.25) is 0 Å². The summed E-state index contributed by atoms with van der Waals surface area (Å²) >= 11 is 0. The Hall–Kier alpha value is -2.67. The highest BCUT2D eigenvalue weighted by atomic mass is 16.5. The lowest BCUT2D eigenvalue weighted by molar-refractivity contribution is 0.0844. The average molecular weight is 441 g/mol. The third-order valence-electron chi connectivity index (χ3n) is 5.66. The molecule has 1 aromatic carbocycles. The highest BCUT2D eigenvalue weighted by Gasteiger charge is 2.22. The van der Waals surface area contributed by atoms with Crippen molar-refractivity contribution in [3.63, 3.8) is 0 Å². The zero-order valence-electron chi connectivity index (χ0n) is 20.0. The number of anilines is 1. The number of carbonyl (C=O) groups excluding carboxylic acids is 1. The molecule has 3 rings (SSSR count). The van der Waals surface area contributed by atoms with Gasteiger partial charge in [0.25, 0.3) is 0 Å². The lowest BCUT2D eigenvalue weighted by atomic mass is 9.91. The molecule has 2 N–H and O–H groups in total. The summed E-state index contributed by atoms with van der Waals surface area (Å²) in [5.74, 6) is 0.947. The van der Waals surface area contributed by atoms with Crippen LogP contribution < -0.4 is 15.4 Å². The molecule has 2 amide bonds. The van der Waals surface area contributed by atoms with Gasteiger partial charge in [0, 0.05) is 36.6 Å². The van der Waals surface area contributed by atoms with Crippen LogP contribution in [-0.4, -0.2) is 42.6 Å². The predicted octanol–water partition coefficient (Wildman–Crippen LogP) is 5.30. The van der Waals surface area contributed by atoms with Crippen LogP contribution in [0.2, 0.25) is 0 Å². The smallest absolute Gasteiger partial charge is 0.319 e. The van der Waals surface area contributed by atoms with Crippen LogP contribution in [0.3, 0.4) is 0 Å². The number of ether oxygens (including phenoxy) is 2. The number of amides is 2. The normalized spacial score (nSPS) is 14.8. The molecule has 0 saturated carbocycles. The van der Waals surface area contributed by atoms with Crippen LogP contribution in [-0.2, 0) is 4.74 Å². The molecule has 1 aliphatic rings. The maximum atomic E-state index is 12.3. The molecule has 0 spiro atoms. The number of urea groups is 1. The number of nitrogens with zero attached hydrogens (tertiary/aromatic N) is 2. The first-order chi connectivity index (χ1) is 15.3. The van der Waals surface area contributed by atoms with Gasteiger partial charge in [0.05, 0.1) is 12.3 Å². The molecule has 2 aromatic rings. The van der Waals surface area contributed by atoms with Gasteiger partial charge in [-0.2, -0.15) is 0 Å². The van der Waals surface area contributed by atoms with Gasteiger partial charge >= 0.3 is 6.03 Å². The number of hydrogen-bond acceptors (Lipinski definition) is 5. The summed E-state index contributed by atoms with van der Waals surface area (Å²) in [6.45, 7) is 13.1. The van der Waals surface area contributed by atoms with Crippen LogP contribution in [0.15, 0.2) is 24.3 Å². The van der Waals surface area contributed by atoms with Crippen molar-refractivity contribution in [2.75, 3.05) is 31.7 Å². The van der Waals surface area contributed by atoms with Crippen LogP contribution >= 0.6 is 0 Å². The summed E-state index contributed by atoms with van der Waals surface area (Å²) in [7, 11) is 0. The summed E-state index contributed by atoms with van der Waals surface area (Å²) in [6, 6.07) is 7.74. The van der Waals surface area contributed by atoms with Gasteiger partial charge in [-0.05, 0) is 68.2 Å². The highest BCUT2D eigenvalue weighted by Crippen LogP contribution is 2.35. The van der Waals surface area contributed by atoms with E-state index in [2.05, 4.69) is 47.7 Å². The Morgan fingerprint density at radius 1 is 1.19 bits per heavy atom. The molecular formula is C25H36N4O3. The van der Waals surface area contributed by atoms with Crippen molar-refractivity contribution in [2.45, 2.75) is 59.8 Å². The Labute approximate surface area is 191 Å². The molecule has 0 unspecified atom stereocenters. The molecule has 2 heterocycles. The molecule has 1 aromatic heterocycles. The third kappa shape index (κ3) is 6.66. The number of nitrogens with one attached hydrogen (secondary N) is 2. The van der Waals surface area contributed by atoms with Gasteiger partial charge in [-0.25, -0.2) is 4.79 Å². The molecular weight excluding hydrogens is 404 g/mol. The summed E-state index contributed by atoms with van der Waals surface area (Å²) in [4.78, 5) is 12.3. The van der Waals surface area contributed by atoms with E-state index in [9.17, 15) is 4.79 Å². The first-order valence-electron chi connectivity index (χ1n) is 11.5. The van der Waals surface area contributed by atoms with E-state index in [0.717, 1.165) is 60.5 Å². The fraction of sp³-hybridized carbons (Fsp3) is 0.560. The zero-order chi connectivity index (χ0) is 23.1. The standard InChI is InChI=1S/C25H36N4O3/c1-6-32-23-21(18-9-13-31-14-10-18)16-22(28-29-23)20-15-19(8-7-17(20)2)27-24(30)26-12-11-25(3,4)5/h7-8,15-16,18H,6,9-14H2,1-5H3,(H2,26,27,30). The van der Waals surface area contributed by atoms with Crippen molar-refractivity contribution in [1.82, 2.24) is 15.5 Å². The molecule has 0 atom stereocenters. The van der Waals surface area contributed by atoms with E-state index >= 15 is 0 Å². The van der Waals surface area contributed by atoms with Crippen LogP contribution in [0, 0.1) is 12.3 Å². The van der Waals surface area contributed by atoms with Crippen LogP contribution in [0.25, 0.3) is 11.3 Å². The number of carbonyl (C=O) groups is 1. The lowest BCUT2D eigenvalue weighted by Crippen LogP contribution is -2.31. The Kier molecular flexibility index (Phi) is 8.07. The largest absolute Gasteiger partial charge is 0.477 e. The summed E-state index contributed by atoms with van der Waals surface area (Å²) < 4.78 is 11.3. The maximum absolute atomic E-state index is 12.3. The minimum Gasteiger partial charge on any atom is -0.477 e. The molecule has 0 radical (unpaired) electrons. The lowest BCUT2D eigenvalue weighted by Gasteiger charge is -2.24. The van der Waals surface area contributed by atoms with Crippen molar-refractivity contribution in [1.29, 1.82) is 0 Å². The monoisotopic (exact) mass is 440 g/mol. The molecule has 7 nitrogen and oxygen atoms in total. The molecule has 32 heavy (non-hydrogen) atoms. The van der Waals surface area contributed by atoms with E-state index in [4.69, 9.17) is 9.47 Å². The second-order valence-corrected chi connectivity index (χ2v) is 9.53. The minimum atomic E-state index is -0.204. The van der Waals surface area contributed by atoms with Crippen molar-refractivity contribution in [3.8, 4) is 17.1 Å². The Morgan fingerprint density at radius 2 is 1.94 bits per heavy atom. The molecule has 1 saturated heterocycles. The first kappa shape index (κ1) is 24.0. The van der Waals surface area contributed by atoms with Crippen molar-refractivity contribution < 1.29 is 14.3 Å². The second-order valence-electron chi connectivity index (χ2n) is 9.53. The number of aryl methyl sites for hydroxylation is 1. The summed E-state index contributed by atoms with van der Waals surface area (Å²) in [5.41, 5.74) is 4.78. The van der Waals surface area contributed by atoms with E-state index in [1.165, 1.54) is 0 Å². The number of benzene rings is 1. The molecule has 1 aliphatic heterocycles. The van der Waals surface area contributed by atoms with Gasteiger partial charge in [0.1, 0.15) is 0 Å². The fourth-order valence-electron chi connectivity index (χ4n) is 3.78. The van der Waals surface area contributed by atoms with E-state index in [0.29, 0.717) is 24.9 Å². The van der Waals surface area contributed by atoms with E-state index in [1.807, 2.05) is 32.0 Å². The quantitative estimate of drug-likeness (QED) is 0.610. The molecule has 174 valence electrons. The highest BCUT2D eigenvalue weighted by molar-refractivity contribution is 5.90. The van der Waals surface area contributed by atoms with Crippen molar-refractivity contribution >= 4 is 11.7 Å². The molecule has 1 fully saturated rings. The molecule has 7 heteroatoms. The Balaban J connectivity index is 1.80. The number of aromatic nitrogens is 2. The van der Waals surface area contributed by atoms with E-state index in [1.54, 1.807) is 0 Å². The second kappa shape index (κ2) is 10.8. The minimum absolute atomic E-state index is 0.179. The van der Waals surface area contributed by atoms with Crippen molar-refractivity contribution in [2.24, 2.45) is 5.41 Å². The van der Waals surface area contributed by atoms with Gasteiger partial charge < -0.3 is 20.1 Å². The van der Waals surface area contributed by atoms with Gasteiger partial charge in [-0.15, -0.1) is 10.2 Å². The third-order valence-corrected chi connectivity index (χ3v) is 5.66. The SMILES string of the molecule is CCOc1nnc(-c2cc(NC(=O)NCCC(C)(C)C)ccc2C)cc1C1CCOCC1. The maximum Gasteiger partial charge on any atom is 0.319 e. The van der Waals surface area contributed by atoms with E-state index in [-0.39, 0.29) is 11.4 Å². The predicted molar refractivity (Wildman–Crippen MR) is 127 cm³/mol. The Morgan fingerprint density at radius 3 is 2.62 bits per heavy atom.